The summed E-state index contributed by atoms with van der Waals surface area (Å²) in [5.41, 5.74) is 9.05. The molecule has 0 radical (unpaired) electrons. The fourth-order valence-electron chi connectivity index (χ4n) is 2.64. The minimum atomic E-state index is -0.525. The van der Waals surface area contributed by atoms with Gasteiger partial charge in [-0.1, -0.05) is 30.3 Å². The molecule has 0 bridgehead atoms. The zero-order valence-corrected chi connectivity index (χ0v) is 16.0. The predicted octanol–water partition coefficient (Wildman–Crippen LogP) is 3.90. The Hall–Kier alpha value is -3.87. The van der Waals surface area contributed by atoms with Gasteiger partial charge in [-0.25, -0.2) is 4.79 Å². The Labute approximate surface area is 168 Å². The maximum Gasteiger partial charge on any atom is 0.408 e. The molecule has 3 aromatic rings. The first-order valence-corrected chi connectivity index (χ1v) is 9.12. The first-order valence-electron chi connectivity index (χ1n) is 9.12. The highest BCUT2D eigenvalue weighted by Gasteiger charge is 2.12. The lowest BCUT2D eigenvalue weighted by atomic mass is 10.1. The van der Waals surface area contributed by atoms with Gasteiger partial charge in [0.2, 0.25) is 0 Å². The molecule has 0 saturated heterocycles. The molecule has 0 saturated carbocycles. The summed E-state index contributed by atoms with van der Waals surface area (Å²) in [6, 6.07) is 17.6. The van der Waals surface area contributed by atoms with Crippen molar-refractivity contribution in [1.29, 1.82) is 0 Å². The van der Waals surface area contributed by atoms with E-state index >= 15 is 0 Å². The number of nitrogens with one attached hydrogen (secondary N) is 2. The van der Waals surface area contributed by atoms with Crippen LogP contribution < -0.4 is 16.4 Å². The molecular formula is C22H22N4O3. The van der Waals surface area contributed by atoms with E-state index in [0.29, 0.717) is 16.9 Å². The van der Waals surface area contributed by atoms with E-state index in [-0.39, 0.29) is 12.5 Å². The van der Waals surface area contributed by atoms with Crippen molar-refractivity contribution < 1.29 is 14.3 Å². The standard InChI is InChI=1S/C22H22N4O3/c1-15(18-5-4-12-24-14-18)29-22(28)25-13-16-8-10-17(11-9-16)21(27)26-20-7-3-2-6-19(20)23/h2-12,14-15H,13,23H2,1H3,(H,25,28)(H,26,27)/t15-/m1/s1. The summed E-state index contributed by atoms with van der Waals surface area (Å²) in [6.07, 6.45) is 2.39. The van der Waals surface area contributed by atoms with Gasteiger partial charge in [-0.05, 0) is 42.8 Å². The van der Waals surface area contributed by atoms with Crippen molar-refractivity contribution in [3.8, 4) is 0 Å². The number of hydrogen-bond acceptors (Lipinski definition) is 5. The van der Waals surface area contributed by atoms with Gasteiger partial charge in [-0.2, -0.15) is 0 Å². The molecule has 1 heterocycles. The first kappa shape index (κ1) is 19.9. The molecule has 29 heavy (non-hydrogen) atoms. The Morgan fingerprint density at radius 2 is 1.83 bits per heavy atom. The van der Waals surface area contributed by atoms with E-state index in [1.165, 1.54) is 0 Å². The topological polar surface area (TPSA) is 106 Å². The largest absolute Gasteiger partial charge is 0.442 e. The Morgan fingerprint density at radius 1 is 1.07 bits per heavy atom. The normalized spacial score (nSPS) is 11.3. The lowest BCUT2D eigenvalue weighted by Crippen LogP contribution is -2.25. The van der Waals surface area contributed by atoms with Crippen molar-refractivity contribution >= 4 is 23.4 Å². The van der Waals surface area contributed by atoms with E-state index in [9.17, 15) is 9.59 Å². The molecule has 0 unspecified atom stereocenters. The van der Waals surface area contributed by atoms with Crippen molar-refractivity contribution in [2.45, 2.75) is 19.6 Å². The van der Waals surface area contributed by atoms with Crippen molar-refractivity contribution in [3.05, 3.63) is 89.7 Å². The van der Waals surface area contributed by atoms with Crippen LogP contribution in [0, 0.1) is 0 Å². The highest BCUT2D eigenvalue weighted by Crippen LogP contribution is 2.18. The van der Waals surface area contributed by atoms with Crippen LogP contribution >= 0.6 is 0 Å². The average Bonchev–Trinajstić information content (AvgIpc) is 2.75. The molecule has 2 amide bonds. The molecule has 0 aliphatic heterocycles. The summed E-state index contributed by atoms with van der Waals surface area (Å²) in [5, 5.41) is 5.47. The Morgan fingerprint density at radius 3 is 2.52 bits per heavy atom. The number of nitrogens with zero attached hydrogens (tertiary/aromatic N) is 1. The monoisotopic (exact) mass is 390 g/mol. The van der Waals surface area contributed by atoms with Crippen molar-refractivity contribution in [2.75, 3.05) is 11.1 Å². The SMILES string of the molecule is C[C@@H](OC(=O)NCc1ccc(C(=O)Nc2ccccc2N)cc1)c1cccnc1. The summed E-state index contributed by atoms with van der Waals surface area (Å²) < 4.78 is 5.33. The zero-order chi connectivity index (χ0) is 20.6. The van der Waals surface area contributed by atoms with E-state index in [2.05, 4.69) is 15.6 Å². The first-order chi connectivity index (χ1) is 14.0. The third-order valence-corrected chi connectivity index (χ3v) is 4.30. The lowest BCUT2D eigenvalue weighted by molar-refractivity contribution is 0.102. The van der Waals surface area contributed by atoms with Crippen LogP contribution in [-0.2, 0) is 11.3 Å². The predicted molar refractivity (Wildman–Crippen MR) is 111 cm³/mol. The third kappa shape index (κ3) is 5.55. The Bertz CT molecular complexity index is 975. The van der Waals surface area contributed by atoms with Gasteiger partial charge >= 0.3 is 6.09 Å². The van der Waals surface area contributed by atoms with E-state index in [4.69, 9.17) is 10.5 Å². The molecule has 0 spiro atoms. The van der Waals surface area contributed by atoms with Gasteiger partial charge in [0, 0.05) is 30.1 Å². The molecule has 7 nitrogen and oxygen atoms in total. The van der Waals surface area contributed by atoms with Crippen LogP contribution in [0.1, 0.15) is 34.5 Å². The van der Waals surface area contributed by atoms with Crippen molar-refractivity contribution in [3.63, 3.8) is 0 Å². The van der Waals surface area contributed by atoms with Gasteiger partial charge in [0.1, 0.15) is 6.10 Å². The molecule has 7 heteroatoms. The van der Waals surface area contributed by atoms with Gasteiger partial charge in [0.15, 0.2) is 0 Å². The number of anilines is 2. The second-order valence-electron chi connectivity index (χ2n) is 6.43. The van der Waals surface area contributed by atoms with Crippen LogP contribution in [-0.4, -0.2) is 17.0 Å². The van der Waals surface area contributed by atoms with Crippen LogP contribution in [0.5, 0.6) is 0 Å². The van der Waals surface area contributed by atoms with Crippen molar-refractivity contribution in [1.82, 2.24) is 10.3 Å². The molecular weight excluding hydrogens is 368 g/mol. The van der Waals surface area contributed by atoms with Crippen LogP contribution in [0.25, 0.3) is 0 Å². The average molecular weight is 390 g/mol. The molecule has 148 valence electrons. The smallest absolute Gasteiger partial charge is 0.408 e. The zero-order valence-electron chi connectivity index (χ0n) is 16.0. The number of pyridine rings is 1. The summed E-state index contributed by atoms with van der Waals surface area (Å²) >= 11 is 0. The molecule has 3 rings (SSSR count). The second-order valence-corrected chi connectivity index (χ2v) is 6.43. The molecule has 4 N–H and O–H groups in total. The van der Waals surface area contributed by atoms with Crippen molar-refractivity contribution in [2.24, 2.45) is 0 Å². The fraction of sp³-hybridized carbons (Fsp3) is 0.136. The number of carbonyl (C=O) groups is 2. The van der Waals surface area contributed by atoms with E-state index in [1.807, 2.05) is 6.07 Å². The van der Waals surface area contributed by atoms with Gasteiger partial charge in [0.05, 0.1) is 11.4 Å². The summed E-state index contributed by atoms with van der Waals surface area (Å²) in [7, 11) is 0. The number of nitrogens with two attached hydrogens (primary N) is 1. The number of alkyl carbamates (subject to hydrolysis) is 1. The van der Waals surface area contributed by atoms with Gasteiger partial charge in [-0.3, -0.25) is 9.78 Å². The van der Waals surface area contributed by atoms with Crippen LogP contribution in [0.3, 0.4) is 0 Å². The minimum Gasteiger partial charge on any atom is -0.442 e. The lowest BCUT2D eigenvalue weighted by Gasteiger charge is -2.14. The van der Waals surface area contributed by atoms with Crippen LogP contribution in [0.15, 0.2) is 73.1 Å². The van der Waals surface area contributed by atoms with Gasteiger partial charge < -0.3 is 21.1 Å². The molecule has 1 atom stereocenters. The summed E-state index contributed by atoms with van der Waals surface area (Å²) in [6.45, 7) is 2.07. The number of carbonyl (C=O) groups excluding carboxylic acids is 2. The molecule has 2 aromatic carbocycles. The molecule has 0 aliphatic rings. The number of hydrogen-bond donors (Lipinski definition) is 3. The number of rotatable bonds is 6. The maximum atomic E-state index is 12.3. The van der Waals surface area contributed by atoms with Crippen LogP contribution in [0.4, 0.5) is 16.2 Å². The van der Waals surface area contributed by atoms with E-state index in [0.717, 1.165) is 11.1 Å². The molecule has 0 fully saturated rings. The summed E-state index contributed by atoms with van der Waals surface area (Å²) in [4.78, 5) is 28.3. The molecule has 1 aromatic heterocycles. The number of aromatic nitrogens is 1. The number of amides is 2. The van der Waals surface area contributed by atoms with E-state index < -0.39 is 12.2 Å². The highest BCUT2D eigenvalue weighted by molar-refractivity contribution is 6.05. The van der Waals surface area contributed by atoms with E-state index in [1.54, 1.807) is 73.9 Å². The maximum absolute atomic E-state index is 12.3. The number of nitrogen functional groups attached to an aromatic ring is 1. The second kappa shape index (κ2) is 9.36. The van der Waals surface area contributed by atoms with Gasteiger partial charge in [0.25, 0.3) is 5.91 Å². The number of ether oxygens (including phenoxy) is 1. The highest BCUT2D eigenvalue weighted by atomic mass is 16.6. The van der Waals surface area contributed by atoms with Gasteiger partial charge in [-0.15, -0.1) is 0 Å². The number of para-hydroxylation sites is 2. The summed E-state index contributed by atoms with van der Waals surface area (Å²) in [5.74, 6) is -0.257. The fourth-order valence-corrected chi connectivity index (χ4v) is 2.64. The third-order valence-electron chi connectivity index (χ3n) is 4.30. The molecule has 0 aliphatic carbocycles. The quantitative estimate of drug-likeness (QED) is 0.554. The number of benzene rings is 2. The Balaban J connectivity index is 1.50. The minimum absolute atomic E-state index is 0.257. The Kier molecular flexibility index (Phi) is 6.42. The van der Waals surface area contributed by atoms with Crippen LogP contribution in [0.2, 0.25) is 0 Å².